The van der Waals surface area contributed by atoms with Crippen molar-refractivity contribution in [1.29, 1.82) is 0 Å². The first kappa shape index (κ1) is 19.0. The minimum Gasteiger partial charge on any atom is -0.496 e. The third-order valence-corrected chi connectivity index (χ3v) is 3.60. The molecule has 0 spiro atoms. The zero-order chi connectivity index (χ0) is 18.9. The number of carboxylic acid groups (broad SMARTS) is 1. The van der Waals surface area contributed by atoms with Gasteiger partial charge < -0.3 is 19.9 Å². The lowest BCUT2D eigenvalue weighted by Gasteiger charge is -2.15. The molecule has 26 heavy (non-hydrogen) atoms. The summed E-state index contributed by atoms with van der Waals surface area (Å²) in [7, 11) is 1.42. The van der Waals surface area contributed by atoms with E-state index < -0.39 is 30.3 Å². The maximum atomic E-state index is 12.4. The van der Waals surface area contributed by atoms with Gasteiger partial charge in [-0.25, -0.2) is 9.59 Å². The summed E-state index contributed by atoms with van der Waals surface area (Å²) in [5, 5.41) is 11.5. The molecule has 0 heterocycles. The molecule has 0 aliphatic rings. The smallest absolute Gasteiger partial charge is 0.408 e. The van der Waals surface area contributed by atoms with Gasteiger partial charge in [-0.3, -0.25) is 4.79 Å². The molecule has 2 aromatic rings. The summed E-state index contributed by atoms with van der Waals surface area (Å²) in [4.78, 5) is 35.6. The fraction of sp³-hybridized carbons (Fsp3) is 0.211. The lowest BCUT2D eigenvalue weighted by Crippen LogP contribution is -2.42. The Morgan fingerprint density at radius 1 is 1.04 bits per heavy atom. The van der Waals surface area contributed by atoms with Gasteiger partial charge in [0.1, 0.15) is 18.4 Å². The van der Waals surface area contributed by atoms with Crippen molar-refractivity contribution in [2.24, 2.45) is 0 Å². The molecule has 0 aromatic heterocycles. The van der Waals surface area contributed by atoms with Crippen LogP contribution in [0.25, 0.3) is 0 Å². The van der Waals surface area contributed by atoms with Crippen LogP contribution in [0.2, 0.25) is 0 Å². The highest BCUT2D eigenvalue weighted by molar-refractivity contribution is 6.01. The molecule has 1 atom stereocenters. The summed E-state index contributed by atoms with van der Waals surface area (Å²) in [5.41, 5.74) is 1.01. The van der Waals surface area contributed by atoms with Crippen molar-refractivity contribution in [3.05, 3.63) is 65.7 Å². The molecule has 0 saturated heterocycles. The first-order chi connectivity index (χ1) is 12.5. The second kappa shape index (κ2) is 9.22. The monoisotopic (exact) mass is 357 g/mol. The Hall–Kier alpha value is -3.35. The largest absolute Gasteiger partial charge is 0.496 e. The second-order valence-electron chi connectivity index (χ2n) is 5.42. The van der Waals surface area contributed by atoms with Gasteiger partial charge in [-0.1, -0.05) is 42.5 Å². The van der Waals surface area contributed by atoms with Gasteiger partial charge in [0.2, 0.25) is 0 Å². The van der Waals surface area contributed by atoms with E-state index in [4.69, 9.17) is 9.47 Å². The molecule has 0 radical (unpaired) electrons. The van der Waals surface area contributed by atoms with Crippen LogP contribution >= 0.6 is 0 Å². The van der Waals surface area contributed by atoms with E-state index in [1.807, 2.05) is 6.07 Å². The summed E-state index contributed by atoms with van der Waals surface area (Å²) >= 11 is 0. The number of aliphatic carboxylic acids is 1. The van der Waals surface area contributed by atoms with E-state index in [1.165, 1.54) is 13.2 Å². The molecule has 136 valence electrons. The van der Waals surface area contributed by atoms with Crippen molar-refractivity contribution in [3.63, 3.8) is 0 Å². The van der Waals surface area contributed by atoms with Crippen LogP contribution in [0.4, 0.5) is 4.79 Å². The van der Waals surface area contributed by atoms with Crippen LogP contribution in [0.1, 0.15) is 22.3 Å². The van der Waals surface area contributed by atoms with Crippen LogP contribution in [0.15, 0.2) is 54.6 Å². The normalized spacial score (nSPS) is 11.3. The van der Waals surface area contributed by atoms with E-state index >= 15 is 0 Å². The summed E-state index contributed by atoms with van der Waals surface area (Å²) in [5.74, 6) is -1.45. The number of hydrogen-bond donors (Lipinski definition) is 2. The fourth-order valence-electron chi connectivity index (χ4n) is 2.28. The molecule has 0 saturated carbocycles. The van der Waals surface area contributed by atoms with Gasteiger partial charge in [-0.15, -0.1) is 0 Å². The first-order valence-electron chi connectivity index (χ1n) is 7.87. The molecule has 0 aliphatic carbocycles. The van der Waals surface area contributed by atoms with Crippen LogP contribution in [0.5, 0.6) is 5.75 Å². The Bertz CT molecular complexity index is 775. The average Bonchev–Trinajstić information content (AvgIpc) is 2.66. The van der Waals surface area contributed by atoms with E-state index in [0.717, 1.165) is 5.56 Å². The zero-order valence-corrected chi connectivity index (χ0v) is 14.2. The minimum absolute atomic E-state index is 0.000529. The Balaban J connectivity index is 1.96. The molecular weight excluding hydrogens is 338 g/mol. The summed E-state index contributed by atoms with van der Waals surface area (Å²) in [6.45, 7) is -0.000529. The van der Waals surface area contributed by atoms with Gasteiger partial charge in [0.25, 0.3) is 0 Å². The summed E-state index contributed by atoms with van der Waals surface area (Å²) < 4.78 is 10.1. The Morgan fingerprint density at radius 2 is 1.69 bits per heavy atom. The van der Waals surface area contributed by atoms with Crippen LogP contribution < -0.4 is 10.1 Å². The molecule has 2 N–H and O–H groups in total. The van der Waals surface area contributed by atoms with E-state index in [0.29, 0.717) is 5.75 Å². The third-order valence-electron chi connectivity index (χ3n) is 3.60. The number of Topliss-reactive ketones (excluding diaryl/α,β-unsaturated/α-hetero) is 1. The Morgan fingerprint density at radius 3 is 2.35 bits per heavy atom. The second-order valence-corrected chi connectivity index (χ2v) is 5.42. The number of alkyl carbamates (subject to hydrolysis) is 1. The first-order valence-corrected chi connectivity index (χ1v) is 7.87. The highest BCUT2D eigenvalue weighted by Gasteiger charge is 2.25. The maximum Gasteiger partial charge on any atom is 0.408 e. The van der Waals surface area contributed by atoms with E-state index in [-0.39, 0.29) is 12.2 Å². The SMILES string of the molecule is COc1ccccc1C(=O)C[C@@H](NC(=O)OCc1ccccc1)C(=O)O. The summed E-state index contributed by atoms with van der Waals surface area (Å²) in [6, 6.07) is 14.0. The number of ether oxygens (including phenoxy) is 2. The summed E-state index contributed by atoms with van der Waals surface area (Å²) in [6.07, 6.45) is -1.33. The topological polar surface area (TPSA) is 102 Å². The van der Waals surface area contributed by atoms with Crippen molar-refractivity contribution in [2.45, 2.75) is 19.1 Å². The number of hydrogen-bond acceptors (Lipinski definition) is 5. The number of carboxylic acids is 1. The minimum atomic E-state index is -1.41. The molecule has 0 unspecified atom stereocenters. The Kier molecular flexibility index (Phi) is 6.73. The van der Waals surface area contributed by atoms with Gasteiger partial charge in [-0.2, -0.15) is 0 Å². The molecule has 0 aliphatic heterocycles. The van der Waals surface area contributed by atoms with E-state index in [9.17, 15) is 19.5 Å². The van der Waals surface area contributed by atoms with Gasteiger partial charge in [0.05, 0.1) is 12.7 Å². The molecule has 2 aromatic carbocycles. The van der Waals surface area contributed by atoms with Crippen LogP contribution in [0.3, 0.4) is 0 Å². The Labute approximate surface area is 150 Å². The maximum absolute atomic E-state index is 12.4. The zero-order valence-electron chi connectivity index (χ0n) is 14.2. The van der Waals surface area contributed by atoms with Crippen molar-refractivity contribution >= 4 is 17.8 Å². The van der Waals surface area contributed by atoms with Gasteiger partial charge in [-0.05, 0) is 17.7 Å². The van der Waals surface area contributed by atoms with Crippen molar-refractivity contribution < 1.29 is 29.0 Å². The van der Waals surface area contributed by atoms with Gasteiger partial charge in [0, 0.05) is 6.42 Å². The number of carbonyl (C=O) groups is 3. The predicted octanol–water partition coefficient (Wildman–Crippen LogP) is 2.65. The fourth-order valence-corrected chi connectivity index (χ4v) is 2.28. The van der Waals surface area contributed by atoms with Crippen molar-refractivity contribution in [2.75, 3.05) is 7.11 Å². The molecule has 0 fully saturated rings. The molecule has 0 bridgehead atoms. The van der Waals surface area contributed by atoms with E-state index in [1.54, 1.807) is 42.5 Å². The number of nitrogens with one attached hydrogen (secondary N) is 1. The lowest BCUT2D eigenvalue weighted by molar-refractivity contribution is -0.139. The number of methoxy groups -OCH3 is 1. The number of amides is 1. The quantitative estimate of drug-likeness (QED) is 0.704. The number of carbonyl (C=O) groups excluding carboxylic acids is 2. The molecule has 2 rings (SSSR count). The van der Waals surface area contributed by atoms with Crippen molar-refractivity contribution in [1.82, 2.24) is 5.32 Å². The highest BCUT2D eigenvalue weighted by Crippen LogP contribution is 2.19. The van der Waals surface area contributed by atoms with Gasteiger partial charge >= 0.3 is 12.1 Å². The van der Waals surface area contributed by atoms with Crippen LogP contribution in [-0.2, 0) is 16.1 Å². The van der Waals surface area contributed by atoms with Gasteiger partial charge in [0.15, 0.2) is 5.78 Å². The molecule has 7 heteroatoms. The number of benzene rings is 2. The molecule has 1 amide bonds. The predicted molar refractivity (Wildman–Crippen MR) is 93.1 cm³/mol. The third kappa shape index (κ3) is 5.34. The number of rotatable bonds is 8. The molecular formula is C19H19NO6. The van der Waals surface area contributed by atoms with Crippen LogP contribution in [-0.4, -0.2) is 36.1 Å². The number of para-hydroxylation sites is 1. The molecule has 7 nitrogen and oxygen atoms in total. The van der Waals surface area contributed by atoms with Crippen molar-refractivity contribution in [3.8, 4) is 5.75 Å². The standard InChI is InChI=1S/C19H19NO6/c1-25-17-10-6-5-9-14(17)16(21)11-15(18(22)23)20-19(24)26-12-13-7-3-2-4-8-13/h2-10,15H,11-12H2,1H3,(H,20,24)(H,22,23)/t15-/m1/s1. The highest BCUT2D eigenvalue weighted by atomic mass is 16.5. The number of ketones is 1. The van der Waals surface area contributed by atoms with E-state index in [2.05, 4.69) is 5.32 Å². The average molecular weight is 357 g/mol. The lowest BCUT2D eigenvalue weighted by atomic mass is 10.0. The van der Waals surface area contributed by atoms with Crippen LogP contribution in [0, 0.1) is 0 Å².